The van der Waals surface area contributed by atoms with Gasteiger partial charge in [0.2, 0.25) is 0 Å². The Bertz CT molecular complexity index is 486. The van der Waals surface area contributed by atoms with Crippen molar-refractivity contribution >= 4 is 28.6 Å². The number of rotatable bonds is 3. The standard InChI is InChI=1S/C10H7F2IN2O2/c1-2-17-10(16)6-7(13)5(3-14)4-15-8(6)9(11)12/h4,9H,2H2,1H3. The molecule has 0 aliphatic heterocycles. The fourth-order valence-electron chi connectivity index (χ4n) is 1.14. The molecule has 1 aromatic heterocycles. The fourth-order valence-corrected chi connectivity index (χ4v) is 1.90. The molecule has 90 valence electrons. The van der Waals surface area contributed by atoms with Crippen molar-refractivity contribution in [3.8, 4) is 6.07 Å². The van der Waals surface area contributed by atoms with Gasteiger partial charge in [0.25, 0.3) is 6.43 Å². The maximum absolute atomic E-state index is 12.7. The summed E-state index contributed by atoms with van der Waals surface area (Å²) in [6, 6.07) is 1.78. The number of ether oxygens (including phenoxy) is 1. The van der Waals surface area contributed by atoms with Gasteiger partial charge in [0.15, 0.2) is 0 Å². The molecule has 0 spiro atoms. The molecule has 1 rings (SSSR count). The van der Waals surface area contributed by atoms with Crippen LogP contribution < -0.4 is 0 Å². The van der Waals surface area contributed by atoms with Gasteiger partial charge in [-0.3, -0.25) is 4.98 Å². The maximum atomic E-state index is 12.7. The number of esters is 1. The van der Waals surface area contributed by atoms with E-state index in [0.29, 0.717) is 0 Å². The van der Waals surface area contributed by atoms with E-state index >= 15 is 0 Å². The predicted octanol–water partition coefficient (Wildman–Crippen LogP) is 2.67. The number of aromatic nitrogens is 1. The summed E-state index contributed by atoms with van der Waals surface area (Å²) in [6.45, 7) is 1.63. The Morgan fingerprint density at radius 2 is 2.35 bits per heavy atom. The summed E-state index contributed by atoms with van der Waals surface area (Å²) < 4.78 is 30.2. The number of nitrogens with zero attached hydrogens (tertiary/aromatic N) is 2. The van der Waals surface area contributed by atoms with Crippen LogP contribution in [0.3, 0.4) is 0 Å². The molecule has 7 heteroatoms. The van der Waals surface area contributed by atoms with Crippen LogP contribution in [0.4, 0.5) is 8.78 Å². The Morgan fingerprint density at radius 3 is 2.82 bits per heavy atom. The highest BCUT2D eigenvalue weighted by molar-refractivity contribution is 14.1. The highest BCUT2D eigenvalue weighted by atomic mass is 127. The zero-order valence-electron chi connectivity index (χ0n) is 8.71. The minimum absolute atomic E-state index is 0.0639. The lowest BCUT2D eigenvalue weighted by atomic mass is 10.1. The summed E-state index contributed by atoms with van der Waals surface area (Å²) in [6.07, 6.45) is -1.87. The van der Waals surface area contributed by atoms with Gasteiger partial charge in [-0.05, 0) is 29.5 Å². The van der Waals surface area contributed by atoms with Gasteiger partial charge >= 0.3 is 5.97 Å². The number of nitriles is 1. The molecule has 0 radical (unpaired) electrons. The highest BCUT2D eigenvalue weighted by Crippen LogP contribution is 2.27. The van der Waals surface area contributed by atoms with E-state index in [4.69, 9.17) is 5.26 Å². The fraction of sp³-hybridized carbons (Fsp3) is 0.300. The number of carbonyl (C=O) groups excluding carboxylic acids is 1. The van der Waals surface area contributed by atoms with E-state index in [2.05, 4.69) is 9.72 Å². The van der Waals surface area contributed by atoms with Gasteiger partial charge in [-0.15, -0.1) is 0 Å². The van der Waals surface area contributed by atoms with Crippen molar-refractivity contribution in [3.63, 3.8) is 0 Å². The summed E-state index contributed by atoms with van der Waals surface area (Å²) in [5.74, 6) is -0.892. The topological polar surface area (TPSA) is 63.0 Å². The lowest BCUT2D eigenvalue weighted by Crippen LogP contribution is -2.13. The Kier molecular flexibility index (Phi) is 4.74. The quantitative estimate of drug-likeness (QED) is 0.620. The van der Waals surface area contributed by atoms with Crippen LogP contribution in [0.5, 0.6) is 0 Å². The third kappa shape index (κ3) is 2.88. The third-order valence-corrected chi connectivity index (χ3v) is 2.97. The van der Waals surface area contributed by atoms with Gasteiger partial charge in [0.05, 0.1) is 12.2 Å². The zero-order chi connectivity index (χ0) is 13.0. The molecule has 1 heterocycles. The van der Waals surface area contributed by atoms with Crippen molar-refractivity contribution in [1.29, 1.82) is 5.26 Å². The van der Waals surface area contributed by atoms with Gasteiger partial charge in [0, 0.05) is 9.77 Å². The molecule has 0 aliphatic rings. The minimum atomic E-state index is -2.89. The van der Waals surface area contributed by atoms with Crippen LogP contribution in [0.15, 0.2) is 6.20 Å². The molecule has 4 nitrogen and oxygen atoms in total. The Morgan fingerprint density at radius 1 is 1.71 bits per heavy atom. The number of halogens is 3. The first-order chi connectivity index (χ1) is 8.02. The predicted molar refractivity (Wildman–Crippen MR) is 62.6 cm³/mol. The summed E-state index contributed by atoms with van der Waals surface area (Å²) >= 11 is 1.66. The first kappa shape index (κ1) is 13.8. The molecule has 0 atom stereocenters. The lowest BCUT2D eigenvalue weighted by molar-refractivity contribution is 0.0512. The van der Waals surface area contributed by atoms with Crippen molar-refractivity contribution in [1.82, 2.24) is 4.98 Å². The third-order valence-electron chi connectivity index (χ3n) is 1.85. The largest absolute Gasteiger partial charge is 0.462 e. The molecule has 0 amide bonds. The second-order valence-corrected chi connectivity index (χ2v) is 3.96. The second kappa shape index (κ2) is 5.86. The van der Waals surface area contributed by atoms with E-state index in [1.54, 1.807) is 35.6 Å². The number of hydrogen-bond acceptors (Lipinski definition) is 4. The van der Waals surface area contributed by atoms with Gasteiger partial charge in [0.1, 0.15) is 17.3 Å². The number of hydrogen-bond donors (Lipinski definition) is 0. The van der Waals surface area contributed by atoms with E-state index < -0.39 is 18.1 Å². The molecule has 0 unspecified atom stereocenters. The van der Waals surface area contributed by atoms with Crippen LogP contribution in [-0.2, 0) is 4.74 Å². The van der Waals surface area contributed by atoms with E-state index in [0.717, 1.165) is 6.20 Å². The Hall–Kier alpha value is -1.30. The average molecular weight is 352 g/mol. The zero-order valence-corrected chi connectivity index (χ0v) is 10.9. The van der Waals surface area contributed by atoms with E-state index in [-0.39, 0.29) is 21.3 Å². The van der Waals surface area contributed by atoms with Gasteiger partial charge < -0.3 is 4.74 Å². The van der Waals surface area contributed by atoms with Gasteiger partial charge in [-0.2, -0.15) is 5.26 Å². The van der Waals surface area contributed by atoms with Crippen LogP contribution in [0.25, 0.3) is 0 Å². The Labute approximate surface area is 110 Å². The summed E-state index contributed by atoms with van der Waals surface area (Å²) in [7, 11) is 0. The van der Waals surface area contributed by atoms with Crippen molar-refractivity contribution in [2.24, 2.45) is 0 Å². The van der Waals surface area contributed by atoms with Crippen molar-refractivity contribution in [3.05, 3.63) is 26.6 Å². The van der Waals surface area contributed by atoms with E-state index in [1.807, 2.05) is 0 Å². The Balaban J connectivity index is 3.41. The van der Waals surface area contributed by atoms with Crippen LogP contribution in [0.1, 0.15) is 35.0 Å². The lowest BCUT2D eigenvalue weighted by Gasteiger charge is -2.10. The van der Waals surface area contributed by atoms with Crippen molar-refractivity contribution in [2.45, 2.75) is 13.3 Å². The van der Waals surface area contributed by atoms with E-state index in [1.165, 1.54) is 0 Å². The summed E-state index contributed by atoms with van der Waals surface area (Å²) in [5, 5.41) is 8.75. The van der Waals surface area contributed by atoms with Crippen molar-refractivity contribution < 1.29 is 18.3 Å². The SMILES string of the molecule is CCOC(=O)c1c(C(F)F)ncc(C#N)c1I. The van der Waals surface area contributed by atoms with E-state index in [9.17, 15) is 13.6 Å². The van der Waals surface area contributed by atoms with Crippen LogP contribution in [0.2, 0.25) is 0 Å². The minimum Gasteiger partial charge on any atom is -0.462 e. The molecular formula is C10H7F2IN2O2. The smallest absolute Gasteiger partial charge is 0.341 e. The molecular weight excluding hydrogens is 345 g/mol. The molecule has 17 heavy (non-hydrogen) atoms. The monoisotopic (exact) mass is 352 g/mol. The first-order valence-corrected chi connectivity index (χ1v) is 5.64. The molecule has 1 aromatic rings. The van der Waals surface area contributed by atoms with Crippen LogP contribution in [-0.4, -0.2) is 17.6 Å². The van der Waals surface area contributed by atoms with Crippen molar-refractivity contribution in [2.75, 3.05) is 6.61 Å². The molecule has 0 N–H and O–H groups in total. The first-order valence-electron chi connectivity index (χ1n) is 4.56. The molecule has 0 aromatic carbocycles. The second-order valence-electron chi connectivity index (χ2n) is 2.88. The van der Waals surface area contributed by atoms with Gasteiger partial charge in [-0.1, -0.05) is 0 Å². The maximum Gasteiger partial charge on any atom is 0.341 e. The average Bonchev–Trinajstić information content (AvgIpc) is 2.28. The normalized spacial score (nSPS) is 10.1. The molecule has 0 bridgehead atoms. The molecule has 0 fully saturated rings. The molecule has 0 saturated heterocycles. The highest BCUT2D eigenvalue weighted by Gasteiger charge is 2.25. The summed E-state index contributed by atoms with van der Waals surface area (Å²) in [5.41, 5.74) is -0.925. The summed E-state index contributed by atoms with van der Waals surface area (Å²) in [4.78, 5) is 15.0. The molecule has 0 saturated carbocycles. The van der Waals surface area contributed by atoms with Gasteiger partial charge in [-0.25, -0.2) is 13.6 Å². The molecule has 0 aliphatic carbocycles. The number of carbonyl (C=O) groups is 1. The number of pyridine rings is 1. The van der Waals surface area contributed by atoms with Crippen LogP contribution >= 0.6 is 22.6 Å². The van der Waals surface area contributed by atoms with Crippen LogP contribution in [0, 0.1) is 14.9 Å². The number of alkyl halides is 2.